The number of halogens is 1. The number of benzene rings is 2. The predicted molar refractivity (Wildman–Crippen MR) is 88.9 cm³/mol. The van der Waals surface area contributed by atoms with Crippen molar-refractivity contribution >= 4 is 23.2 Å². The number of ether oxygens (including phenoxy) is 1. The number of aryl methyl sites for hydroxylation is 2. The van der Waals surface area contributed by atoms with E-state index in [1.165, 1.54) is 5.56 Å². The molecule has 0 saturated heterocycles. The fourth-order valence-corrected chi connectivity index (χ4v) is 3.26. The van der Waals surface area contributed by atoms with Crippen molar-refractivity contribution < 1.29 is 9.53 Å². The maximum absolute atomic E-state index is 12.4. The summed E-state index contributed by atoms with van der Waals surface area (Å²) in [7, 11) is 0. The number of nitrogens with zero attached hydrogens (tertiary/aromatic N) is 1. The summed E-state index contributed by atoms with van der Waals surface area (Å²) in [6.45, 7) is 4.63. The van der Waals surface area contributed by atoms with Gasteiger partial charge in [-0.3, -0.25) is 4.79 Å². The molecule has 1 aliphatic heterocycles. The molecule has 1 aliphatic rings. The van der Waals surface area contributed by atoms with Gasteiger partial charge in [-0.05, 0) is 55.2 Å². The molecule has 1 amide bonds. The molecule has 1 heterocycles. The molecule has 0 bridgehead atoms. The second-order valence-electron chi connectivity index (χ2n) is 5.58. The van der Waals surface area contributed by atoms with Crippen molar-refractivity contribution in [3.63, 3.8) is 0 Å². The molecule has 0 fully saturated rings. The lowest BCUT2D eigenvalue weighted by Gasteiger charge is -2.19. The quantitative estimate of drug-likeness (QED) is 0.859. The largest absolute Gasteiger partial charge is 0.483 e. The molecular formula is C18H18ClNO2. The maximum Gasteiger partial charge on any atom is 0.264 e. The van der Waals surface area contributed by atoms with Crippen molar-refractivity contribution in [1.29, 1.82) is 0 Å². The molecular weight excluding hydrogens is 298 g/mol. The summed E-state index contributed by atoms with van der Waals surface area (Å²) in [5, 5.41) is 0.683. The number of rotatable bonds is 3. The van der Waals surface area contributed by atoms with Crippen LogP contribution >= 0.6 is 11.6 Å². The predicted octanol–water partition coefficient (Wildman–Crippen LogP) is 3.92. The first-order valence-corrected chi connectivity index (χ1v) is 7.72. The van der Waals surface area contributed by atoms with E-state index in [1.807, 2.05) is 44.2 Å². The molecule has 2 aromatic rings. The van der Waals surface area contributed by atoms with Crippen molar-refractivity contribution in [2.45, 2.75) is 20.3 Å². The van der Waals surface area contributed by atoms with Gasteiger partial charge in [0.05, 0.1) is 0 Å². The molecule has 3 nitrogen and oxygen atoms in total. The van der Waals surface area contributed by atoms with Crippen molar-refractivity contribution in [2.75, 3.05) is 18.1 Å². The molecule has 3 rings (SSSR count). The number of amides is 1. The number of para-hydroxylation sites is 1. The Bertz CT molecular complexity index is 704. The number of carbonyl (C=O) groups excluding carboxylic acids is 1. The normalized spacial score (nSPS) is 13.1. The summed E-state index contributed by atoms with van der Waals surface area (Å²) in [6.07, 6.45) is 0.904. The maximum atomic E-state index is 12.4. The molecule has 0 N–H and O–H groups in total. The second-order valence-corrected chi connectivity index (χ2v) is 6.02. The summed E-state index contributed by atoms with van der Waals surface area (Å²) in [4.78, 5) is 14.2. The van der Waals surface area contributed by atoms with Crippen molar-refractivity contribution in [1.82, 2.24) is 0 Å². The zero-order valence-corrected chi connectivity index (χ0v) is 13.5. The standard InChI is InChI=1S/C18H18ClNO2/c1-12-9-15(19)10-13(2)18(12)22-11-17(21)20-8-7-14-5-3-4-6-16(14)20/h3-6,9-10H,7-8,11H2,1-2H3. The summed E-state index contributed by atoms with van der Waals surface area (Å²) in [5.74, 6) is 0.726. The van der Waals surface area contributed by atoms with Gasteiger partial charge in [0.2, 0.25) is 0 Å². The summed E-state index contributed by atoms with van der Waals surface area (Å²) in [5.41, 5.74) is 4.11. The van der Waals surface area contributed by atoms with Gasteiger partial charge in [0.1, 0.15) is 5.75 Å². The van der Waals surface area contributed by atoms with E-state index in [4.69, 9.17) is 16.3 Å². The van der Waals surface area contributed by atoms with Gasteiger partial charge in [-0.1, -0.05) is 29.8 Å². The van der Waals surface area contributed by atoms with Gasteiger partial charge in [-0.15, -0.1) is 0 Å². The Morgan fingerprint density at radius 2 is 1.91 bits per heavy atom. The van der Waals surface area contributed by atoms with E-state index < -0.39 is 0 Å². The minimum Gasteiger partial charge on any atom is -0.483 e. The number of carbonyl (C=O) groups is 1. The van der Waals surface area contributed by atoms with Crippen LogP contribution in [0.2, 0.25) is 5.02 Å². The molecule has 0 aliphatic carbocycles. The topological polar surface area (TPSA) is 29.5 Å². The molecule has 4 heteroatoms. The SMILES string of the molecule is Cc1cc(Cl)cc(C)c1OCC(=O)N1CCc2ccccc21. The zero-order valence-electron chi connectivity index (χ0n) is 12.7. The minimum atomic E-state index is -0.0151. The third kappa shape index (κ3) is 2.81. The highest BCUT2D eigenvalue weighted by Gasteiger charge is 2.24. The van der Waals surface area contributed by atoms with Gasteiger partial charge < -0.3 is 9.64 Å². The molecule has 0 atom stereocenters. The van der Waals surface area contributed by atoms with E-state index in [-0.39, 0.29) is 12.5 Å². The van der Waals surface area contributed by atoms with Gasteiger partial charge in [0, 0.05) is 17.3 Å². The average Bonchev–Trinajstić information content (AvgIpc) is 2.90. The van der Waals surface area contributed by atoms with E-state index >= 15 is 0 Å². The third-order valence-corrected chi connectivity index (χ3v) is 4.17. The molecule has 0 radical (unpaired) electrons. The van der Waals surface area contributed by atoms with Crippen LogP contribution < -0.4 is 9.64 Å². The average molecular weight is 316 g/mol. The Balaban J connectivity index is 1.72. The van der Waals surface area contributed by atoms with Crippen LogP contribution in [-0.2, 0) is 11.2 Å². The highest BCUT2D eigenvalue weighted by Crippen LogP contribution is 2.29. The van der Waals surface area contributed by atoms with Crippen LogP contribution in [0.3, 0.4) is 0 Å². The van der Waals surface area contributed by atoms with Crippen molar-refractivity contribution in [2.24, 2.45) is 0 Å². The Morgan fingerprint density at radius 1 is 1.23 bits per heavy atom. The van der Waals surface area contributed by atoms with E-state index in [0.717, 1.165) is 35.5 Å². The first kappa shape index (κ1) is 14.9. The van der Waals surface area contributed by atoms with Crippen LogP contribution in [0.4, 0.5) is 5.69 Å². The molecule has 0 unspecified atom stereocenters. The summed E-state index contributed by atoms with van der Waals surface area (Å²) >= 11 is 6.01. The number of fused-ring (bicyclic) bond motifs is 1. The number of anilines is 1. The monoisotopic (exact) mass is 315 g/mol. The first-order chi connectivity index (χ1) is 10.6. The molecule has 2 aromatic carbocycles. The molecule has 0 aromatic heterocycles. The van der Waals surface area contributed by atoms with Crippen LogP contribution in [0.25, 0.3) is 0 Å². The van der Waals surface area contributed by atoms with E-state index in [2.05, 4.69) is 6.07 Å². The van der Waals surface area contributed by atoms with Crippen molar-refractivity contribution in [3.05, 3.63) is 58.1 Å². The highest BCUT2D eigenvalue weighted by atomic mass is 35.5. The Hall–Kier alpha value is -2.00. The smallest absolute Gasteiger partial charge is 0.264 e. The van der Waals surface area contributed by atoms with Crippen LogP contribution in [0, 0.1) is 13.8 Å². The number of hydrogen-bond donors (Lipinski definition) is 0. The summed E-state index contributed by atoms with van der Waals surface area (Å²) in [6, 6.07) is 11.7. The first-order valence-electron chi connectivity index (χ1n) is 7.34. The fourth-order valence-electron chi connectivity index (χ4n) is 2.93. The third-order valence-electron chi connectivity index (χ3n) is 3.95. The van der Waals surface area contributed by atoms with Crippen LogP contribution in [0.15, 0.2) is 36.4 Å². The Morgan fingerprint density at radius 3 is 2.64 bits per heavy atom. The van der Waals surface area contributed by atoms with Gasteiger partial charge >= 0.3 is 0 Å². The van der Waals surface area contributed by atoms with Gasteiger partial charge in [-0.2, -0.15) is 0 Å². The zero-order chi connectivity index (χ0) is 15.7. The molecule has 22 heavy (non-hydrogen) atoms. The summed E-state index contributed by atoms with van der Waals surface area (Å²) < 4.78 is 5.76. The number of hydrogen-bond acceptors (Lipinski definition) is 2. The van der Waals surface area contributed by atoms with E-state index in [0.29, 0.717) is 5.02 Å². The van der Waals surface area contributed by atoms with Crippen LogP contribution in [0.5, 0.6) is 5.75 Å². The lowest BCUT2D eigenvalue weighted by Crippen LogP contribution is -2.33. The van der Waals surface area contributed by atoms with E-state index in [9.17, 15) is 4.79 Å². The Kier molecular flexibility index (Phi) is 4.08. The van der Waals surface area contributed by atoms with Crippen molar-refractivity contribution in [3.8, 4) is 5.75 Å². The van der Waals surface area contributed by atoms with Gasteiger partial charge in [0.25, 0.3) is 5.91 Å². The molecule has 0 spiro atoms. The van der Waals surface area contributed by atoms with Crippen LogP contribution in [0.1, 0.15) is 16.7 Å². The fraction of sp³-hybridized carbons (Fsp3) is 0.278. The van der Waals surface area contributed by atoms with E-state index in [1.54, 1.807) is 4.90 Å². The van der Waals surface area contributed by atoms with Gasteiger partial charge in [0.15, 0.2) is 6.61 Å². The van der Waals surface area contributed by atoms with Crippen LogP contribution in [-0.4, -0.2) is 19.1 Å². The lowest BCUT2D eigenvalue weighted by atomic mass is 10.1. The minimum absolute atomic E-state index is 0.0151. The lowest BCUT2D eigenvalue weighted by molar-refractivity contribution is -0.120. The highest BCUT2D eigenvalue weighted by molar-refractivity contribution is 6.30. The molecule has 0 saturated carbocycles. The van der Waals surface area contributed by atoms with Gasteiger partial charge in [-0.25, -0.2) is 0 Å². The molecule has 114 valence electrons. The Labute approximate surface area is 135 Å². The second kappa shape index (κ2) is 6.01.